The Labute approximate surface area is 326 Å². The van der Waals surface area contributed by atoms with Crippen LogP contribution in [0.5, 0.6) is 0 Å². The lowest BCUT2D eigenvalue weighted by Gasteiger charge is -2.22. The highest BCUT2D eigenvalue weighted by molar-refractivity contribution is 6.24. The highest BCUT2D eigenvalue weighted by Gasteiger charge is 2.35. The molecule has 0 saturated carbocycles. The van der Waals surface area contributed by atoms with E-state index >= 15 is 13.2 Å². The van der Waals surface area contributed by atoms with Gasteiger partial charge in [0.25, 0.3) is 0 Å². The summed E-state index contributed by atoms with van der Waals surface area (Å²) in [6.45, 7) is 9.03. The van der Waals surface area contributed by atoms with Crippen molar-refractivity contribution in [3.8, 4) is 22.5 Å². The smallest absolute Gasteiger partial charge is 0.417 e. The summed E-state index contributed by atoms with van der Waals surface area (Å²) >= 11 is 0. The average Bonchev–Trinajstić information content (AvgIpc) is 4.00. The summed E-state index contributed by atoms with van der Waals surface area (Å²) in [5, 5.41) is 7.24. The second kappa shape index (κ2) is 11.6. The van der Waals surface area contributed by atoms with E-state index in [2.05, 4.69) is 17.0 Å². The number of benzene rings is 8. The molecule has 0 aliphatic heterocycles. The van der Waals surface area contributed by atoms with E-state index in [9.17, 15) is 0 Å². The van der Waals surface area contributed by atoms with Crippen LogP contribution in [0.3, 0.4) is 0 Å². The third-order valence-electron chi connectivity index (χ3n) is 11.6. The zero-order valence-electron chi connectivity index (χ0n) is 30.3. The van der Waals surface area contributed by atoms with Gasteiger partial charge in [0.05, 0.1) is 45.6 Å². The molecule has 0 spiro atoms. The SMILES string of the molecule is [C-]#[N+]c1c(-n2c3ccccc3c3ccc4c5ccccc5oc4c32)ccc(-c2ccccc2C(F)(F)F)c1-n1c2ccccc2c2ccc3c4ccccc4oc3c21. The Bertz CT molecular complexity index is 3760. The number of rotatable bonds is 3. The van der Waals surface area contributed by atoms with Gasteiger partial charge < -0.3 is 18.0 Å². The van der Waals surface area contributed by atoms with Crippen molar-refractivity contribution >= 4 is 93.2 Å². The first kappa shape index (κ1) is 32.5. The molecule has 5 nitrogen and oxygen atoms in total. The van der Waals surface area contributed by atoms with E-state index < -0.39 is 11.7 Å². The number of para-hydroxylation sites is 4. The second-order valence-corrected chi connectivity index (χ2v) is 14.6. The van der Waals surface area contributed by atoms with E-state index in [-0.39, 0.29) is 16.8 Å². The maximum absolute atomic E-state index is 15.0. The van der Waals surface area contributed by atoms with Gasteiger partial charge in [-0.3, -0.25) is 0 Å². The van der Waals surface area contributed by atoms with Crippen LogP contribution in [0.4, 0.5) is 18.9 Å². The molecule has 0 N–H and O–H groups in total. The minimum Gasteiger partial charge on any atom is -0.454 e. The first-order chi connectivity index (χ1) is 28.4. The molecule has 0 saturated heterocycles. The van der Waals surface area contributed by atoms with Crippen LogP contribution in [0, 0.1) is 6.57 Å². The highest BCUT2D eigenvalue weighted by atomic mass is 19.4. The number of alkyl halides is 3. The van der Waals surface area contributed by atoms with Gasteiger partial charge in [-0.15, -0.1) is 0 Å². The Morgan fingerprint density at radius 1 is 0.448 bits per heavy atom. The van der Waals surface area contributed by atoms with Crippen LogP contribution in [0.1, 0.15) is 5.56 Å². The van der Waals surface area contributed by atoms with Crippen LogP contribution >= 0.6 is 0 Å². The van der Waals surface area contributed by atoms with Crippen LogP contribution in [0.2, 0.25) is 0 Å². The van der Waals surface area contributed by atoms with Gasteiger partial charge in [0, 0.05) is 43.1 Å². The lowest BCUT2D eigenvalue weighted by Crippen LogP contribution is -2.09. The van der Waals surface area contributed by atoms with E-state index in [0.29, 0.717) is 33.6 Å². The molecule has 0 unspecified atom stereocenters. The van der Waals surface area contributed by atoms with Crippen molar-refractivity contribution in [2.24, 2.45) is 0 Å². The van der Waals surface area contributed by atoms with Crippen LogP contribution in [-0.2, 0) is 6.18 Å². The van der Waals surface area contributed by atoms with Gasteiger partial charge in [-0.2, -0.15) is 13.2 Å². The molecule has 0 radical (unpaired) electrons. The normalized spacial score (nSPS) is 12.4. The molecule has 12 aromatic rings. The van der Waals surface area contributed by atoms with Crippen LogP contribution in [0.25, 0.3) is 115 Å². The van der Waals surface area contributed by atoms with Crippen molar-refractivity contribution in [3.63, 3.8) is 0 Å². The summed E-state index contributed by atoms with van der Waals surface area (Å²) < 4.78 is 62.3. The van der Waals surface area contributed by atoms with Gasteiger partial charge in [-0.25, -0.2) is 4.85 Å². The highest BCUT2D eigenvalue weighted by Crippen LogP contribution is 2.50. The van der Waals surface area contributed by atoms with Gasteiger partial charge in [0.15, 0.2) is 11.2 Å². The molecule has 0 amide bonds. The van der Waals surface area contributed by atoms with E-state index in [1.165, 1.54) is 12.1 Å². The maximum atomic E-state index is 15.0. The minimum absolute atomic E-state index is 0.0361. The molecule has 4 heterocycles. The average molecular weight is 758 g/mol. The fourth-order valence-electron chi connectivity index (χ4n) is 9.21. The van der Waals surface area contributed by atoms with E-state index in [1.807, 2.05) is 118 Å². The van der Waals surface area contributed by atoms with E-state index in [0.717, 1.165) is 71.3 Å². The van der Waals surface area contributed by atoms with Crippen LogP contribution < -0.4 is 0 Å². The zero-order valence-corrected chi connectivity index (χ0v) is 30.3. The molecule has 0 bridgehead atoms. The first-order valence-corrected chi connectivity index (χ1v) is 18.8. The maximum Gasteiger partial charge on any atom is 0.417 e. The van der Waals surface area contributed by atoms with Gasteiger partial charge in [0.1, 0.15) is 11.2 Å². The molecule has 8 aromatic carbocycles. The molecule has 58 heavy (non-hydrogen) atoms. The summed E-state index contributed by atoms with van der Waals surface area (Å²) in [6, 6.07) is 48.7. The molecule has 0 aliphatic carbocycles. The third kappa shape index (κ3) is 4.30. The minimum atomic E-state index is -4.67. The molecular weight excluding hydrogens is 732 g/mol. The van der Waals surface area contributed by atoms with Gasteiger partial charge in [-0.1, -0.05) is 109 Å². The van der Waals surface area contributed by atoms with Crippen molar-refractivity contribution < 1.29 is 22.0 Å². The summed E-state index contributed by atoms with van der Waals surface area (Å²) in [5.41, 5.74) is 6.01. The molecule has 4 aromatic heterocycles. The van der Waals surface area contributed by atoms with E-state index in [1.54, 1.807) is 18.2 Å². The topological polar surface area (TPSA) is 40.5 Å². The molecule has 274 valence electrons. The summed E-state index contributed by atoms with van der Waals surface area (Å²) in [5.74, 6) is 0. The Hall–Kier alpha value is -7.76. The standard InChI is InChI=1S/C50H26F3N3O2/c1-54-44-41(55-39-18-8-3-13-29(39)34-22-24-36-31-15-5-10-20-42(31)57-48(36)46(34)55)27-26-33(28-12-2-7-17-38(28)50(51,52)53)45(44)56-40-19-9-4-14-30(40)35-23-25-37-32-16-6-11-21-43(32)58-49(37)47(35)56/h2-27H. The van der Waals surface area contributed by atoms with Crippen LogP contribution in [0.15, 0.2) is 167 Å². The van der Waals surface area contributed by atoms with E-state index in [4.69, 9.17) is 15.4 Å². The molecule has 0 fully saturated rings. The molecule has 0 atom stereocenters. The monoisotopic (exact) mass is 757 g/mol. The van der Waals surface area contributed by atoms with Crippen molar-refractivity contribution in [2.75, 3.05) is 0 Å². The van der Waals surface area contributed by atoms with Crippen LogP contribution in [-0.4, -0.2) is 9.13 Å². The van der Waals surface area contributed by atoms with Crippen molar-refractivity contribution in [1.29, 1.82) is 0 Å². The number of furan rings is 2. The molecule has 0 aliphatic rings. The summed E-state index contributed by atoms with van der Waals surface area (Å²) in [4.78, 5) is 4.30. The van der Waals surface area contributed by atoms with Gasteiger partial charge in [0.2, 0.25) is 5.69 Å². The molecule has 8 heteroatoms. The number of nitrogens with zero attached hydrogens (tertiary/aromatic N) is 3. The lowest BCUT2D eigenvalue weighted by atomic mass is 9.95. The fourth-order valence-corrected chi connectivity index (χ4v) is 9.21. The molecule has 12 rings (SSSR count). The Morgan fingerprint density at radius 3 is 1.52 bits per heavy atom. The largest absolute Gasteiger partial charge is 0.454 e. The van der Waals surface area contributed by atoms with Crippen molar-refractivity contribution in [3.05, 3.63) is 175 Å². The predicted octanol–water partition coefficient (Wildman–Crippen LogP) is 14.9. The van der Waals surface area contributed by atoms with Gasteiger partial charge >= 0.3 is 6.18 Å². The summed E-state index contributed by atoms with van der Waals surface area (Å²) in [7, 11) is 0. The summed E-state index contributed by atoms with van der Waals surface area (Å²) in [6.07, 6.45) is -4.67. The second-order valence-electron chi connectivity index (χ2n) is 14.6. The van der Waals surface area contributed by atoms with Crippen molar-refractivity contribution in [1.82, 2.24) is 9.13 Å². The Balaban J connectivity index is 1.31. The van der Waals surface area contributed by atoms with Crippen molar-refractivity contribution in [2.45, 2.75) is 6.18 Å². The van der Waals surface area contributed by atoms with Gasteiger partial charge in [-0.05, 0) is 59.7 Å². The Morgan fingerprint density at radius 2 is 0.931 bits per heavy atom. The number of halogens is 3. The quantitative estimate of drug-likeness (QED) is 0.168. The zero-order chi connectivity index (χ0) is 38.9. The lowest BCUT2D eigenvalue weighted by molar-refractivity contribution is -0.137. The third-order valence-corrected chi connectivity index (χ3v) is 11.6. The number of fused-ring (bicyclic) bond motifs is 14. The number of aromatic nitrogens is 2. The number of hydrogen-bond acceptors (Lipinski definition) is 2. The Kier molecular flexibility index (Phi) is 6.52. The molecular formula is C50H26F3N3O2. The predicted molar refractivity (Wildman–Crippen MR) is 226 cm³/mol. The fraction of sp³-hybridized carbons (Fsp3) is 0.0200. The first-order valence-electron chi connectivity index (χ1n) is 18.8. The number of hydrogen-bond donors (Lipinski definition) is 0.